The van der Waals surface area contributed by atoms with Crippen LogP contribution in [-0.4, -0.2) is 37.1 Å². The van der Waals surface area contributed by atoms with Gasteiger partial charge in [-0.15, -0.1) is 0 Å². The normalized spacial score (nSPS) is 20.6. The van der Waals surface area contributed by atoms with Crippen LogP contribution in [-0.2, 0) is 0 Å². The molecule has 18 heavy (non-hydrogen) atoms. The van der Waals surface area contributed by atoms with Gasteiger partial charge < -0.3 is 4.90 Å². The minimum absolute atomic E-state index is 0.366. The molecule has 0 aromatic rings. The molecule has 1 fully saturated rings. The van der Waals surface area contributed by atoms with Crippen LogP contribution >= 0.6 is 0 Å². The van der Waals surface area contributed by atoms with Crippen LogP contribution in [0.5, 0.6) is 0 Å². The van der Waals surface area contributed by atoms with Crippen molar-refractivity contribution in [2.75, 3.05) is 26.7 Å². The first-order valence-electron chi connectivity index (χ1n) is 7.44. The van der Waals surface area contributed by atoms with Crippen molar-refractivity contribution < 1.29 is 0 Å². The van der Waals surface area contributed by atoms with Gasteiger partial charge in [-0.2, -0.15) is 5.26 Å². The molecule has 0 spiro atoms. The molecule has 0 aromatic carbocycles. The molecule has 1 aliphatic carbocycles. The second-order valence-corrected chi connectivity index (χ2v) is 5.99. The molecule has 1 unspecified atom stereocenters. The van der Waals surface area contributed by atoms with Crippen molar-refractivity contribution in [3.05, 3.63) is 0 Å². The summed E-state index contributed by atoms with van der Waals surface area (Å²) in [5.74, 6) is 0.885. The van der Waals surface area contributed by atoms with Crippen LogP contribution in [0.15, 0.2) is 0 Å². The van der Waals surface area contributed by atoms with Crippen molar-refractivity contribution in [2.45, 2.75) is 57.9 Å². The van der Waals surface area contributed by atoms with Gasteiger partial charge in [-0.1, -0.05) is 26.2 Å². The molecule has 0 radical (unpaired) electrons. The highest BCUT2D eigenvalue weighted by molar-refractivity contribution is 5.03. The van der Waals surface area contributed by atoms with Crippen molar-refractivity contribution in [1.29, 1.82) is 5.26 Å². The lowest BCUT2D eigenvalue weighted by molar-refractivity contribution is 0.219. The molecule has 3 heteroatoms. The van der Waals surface area contributed by atoms with E-state index in [4.69, 9.17) is 0 Å². The maximum absolute atomic E-state index is 9.22. The molecule has 0 aromatic heterocycles. The zero-order valence-corrected chi connectivity index (χ0v) is 12.3. The summed E-state index contributed by atoms with van der Waals surface area (Å²) >= 11 is 0. The molecule has 0 saturated heterocycles. The van der Waals surface area contributed by atoms with Gasteiger partial charge in [0.25, 0.3) is 0 Å². The van der Waals surface area contributed by atoms with Crippen LogP contribution in [0.25, 0.3) is 0 Å². The fourth-order valence-electron chi connectivity index (χ4n) is 2.89. The van der Waals surface area contributed by atoms with Gasteiger partial charge in [-0.3, -0.25) is 5.32 Å². The Morgan fingerprint density at radius 1 is 1.33 bits per heavy atom. The van der Waals surface area contributed by atoms with E-state index in [1.54, 1.807) is 0 Å². The van der Waals surface area contributed by atoms with Crippen molar-refractivity contribution in [3.8, 4) is 6.07 Å². The Balaban J connectivity index is 2.26. The molecule has 1 saturated carbocycles. The number of nitrogens with zero attached hydrogens (tertiary/aromatic N) is 2. The van der Waals surface area contributed by atoms with E-state index in [2.05, 4.69) is 30.3 Å². The largest absolute Gasteiger partial charge is 0.306 e. The monoisotopic (exact) mass is 251 g/mol. The molecule has 0 heterocycles. The topological polar surface area (TPSA) is 39.1 Å². The summed E-state index contributed by atoms with van der Waals surface area (Å²) in [6.45, 7) is 7.13. The third kappa shape index (κ3) is 5.37. The highest BCUT2D eigenvalue weighted by Crippen LogP contribution is 2.24. The van der Waals surface area contributed by atoms with Crippen molar-refractivity contribution in [2.24, 2.45) is 5.92 Å². The van der Waals surface area contributed by atoms with Gasteiger partial charge in [-0.25, -0.2) is 0 Å². The Labute approximate surface area is 113 Å². The van der Waals surface area contributed by atoms with Crippen molar-refractivity contribution in [1.82, 2.24) is 10.2 Å². The van der Waals surface area contributed by atoms with Crippen LogP contribution in [0, 0.1) is 17.2 Å². The Morgan fingerprint density at radius 3 is 2.56 bits per heavy atom. The molecule has 0 bridgehead atoms. The molecular weight excluding hydrogens is 222 g/mol. The molecule has 0 aliphatic heterocycles. The summed E-state index contributed by atoms with van der Waals surface area (Å²) in [5.41, 5.74) is -0.366. The molecule has 1 rings (SSSR count). The van der Waals surface area contributed by atoms with E-state index >= 15 is 0 Å². The summed E-state index contributed by atoms with van der Waals surface area (Å²) in [4.78, 5) is 2.41. The molecule has 1 atom stereocenters. The predicted octanol–water partition coefficient (Wildman–Crippen LogP) is 2.78. The van der Waals surface area contributed by atoms with E-state index in [9.17, 15) is 5.26 Å². The predicted molar refractivity (Wildman–Crippen MR) is 76.4 cm³/mol. The van der Waals surface area contributed by atoms with Crippen LogP contribution < -0.4 is 5.32 Å². The van der Waals surface area contributed by atoms with Crippen LogP contribution in [0.2, 0.25) is 0 Å². The van der Waals surface area contributed by atoms with Gasteiger partial charge >= 0.3 is 0 Å². The molecule has 1 N–H and O–H groups in total. The number of rotatable bonds is 7. The van der Waals surface area contributed by atoms with Crippen LogP contribution in [0.3, 0.4) is 0 Å². The minimum atomic E-state index is -0.366. The highest BCUT2D eigenvalue weighted by atomic mass is 15.1. The summed E-state index contributed by atoms with van der Waals surface area (Å²) < 4.78 is 0. The minimum Gasteiger partial charge on any atom is -0.306 e. The number of nitriles is 1. The quantitative estimate of drug-likeness (QED) is 0.756. The Hall–Kier alpha value is -0.590. The SMILES string of the molecule is CCNC(C)(C#N)CCN(C)CC1CCCCC1. The van der Waals surface area contributed by atoms with Gasteiger partial charge in [0.1, 0.15) is 5.54 Å². The van der Waals surface area contributed by atoms with Gasteiger partial charge in [-0.05, 0) is 45.7 Å². The number of nitrogens with one attached hydrogen (secondary N) is 1. The van der Waals surface area contributed by atoms with Crippen LogP contribution in [0.4, 0.5) is 0 Å². The maximum Gasteiger partial charge on any atom is 0.105 e. The highest BCUT2D eigenvalue weighted by Gasteiger charge is 2.23. The van der Waals surface area contributed by atoms with E-state index in [1.165, 1.54) is 38.6 Å². The summed E-state index contributed by atoms with van der Waals surface area (Å²) in [6.07, 6.45) is 7.94. The summed E-state index contributed by atoms with van der Waals surface area (Å²) in [7, 11) is 2.19. The number of hydrogen-bond donors (Lipinski definition) is 1. The second kappa shape index (κ2) is 7.76. The molecular formula is C15H29N3. The van der Waals surface area contributed by atoms with Gasteiger partial charge in [0.05, 0.1) is 6.07 Å². The summed E-state index contributed by atoms with van der Waals surface area (Å²) in [5, 5.41) is 12.5. The van der Waals surface area contributed by atoms with E-state index in [1.807, 2.05) is 6.92 Å². The van der Waals surface area contributed by atoms with Crippen LogP contribution in [0.1, 0.15) is 52.4 Å². The van der Waals surface area contributed by atoms with E-state index < -0.39 is 0 Å². The van der Waals surface area contributed by atoms with Gasteiger partial charge in [0, 0.05) is 13.1 Å². The van der Waals surface area contributed by atoms with E-state index in [0.29, 0.717) is 0 Å². The molecule has 0 amide bonds. The first kappa shape index (κ1) is 15.5. The van der Waals surface area contributed by atoms with Gasteiger partial charge in [0.15, 0.2) is 0 Å². The van der Waals surface area contributed by atoms with Gasteiger partial charge in [0.2, 0.25) is 0 Å². The average molecular weight is 251 g/mol. The fraction of sp³-hybridized carbons (Fsp3) is 0.933. The van der Waals surface area contributed by atoms with Crippen molar-refractivity contribution >= 4 is 0 Å². The molecule has 3 nitrogen and oxygen atoms in total. The smallest absolute Gasteiger partial charge is 0.105 e. The van der Waals surface area contributed by atoms with E-state index in [-0.39, 0.29) is 5.54 Å². The maximum atomic E-state index is 9.22. The average Bonchev–Trinajstić information content (AvgIpc) is 2.38. The first-order valence-corrected chi connectivity index (χ1v) is 7.44. The summed E-state index contributed by atoms with van der Waals surface area (Å²) in [6, 6.07) is 2.40. The standard InChI is InChI=1S/C15H29N3/c1-4-17-15(2,13-16)10-11-18(3)12-14-8-6-5-7-9-14/h14,17H,4-12H2,1-3H3. The lowest BCUT2D eigenvalue weighted by atomic mass is 9.89. The second-order valence-electron chi connectivity index (χ2n) is 5.99. The number of hydrogen-bond acceptors (Lipinski definition) is 3. The third-order valence-corrected chi connectivity index (χ3v) is 4.10. The zero-order valence-electron chi connectivity index (χ0n) is 12.3. The lowest BCUT2D eigenvalue weighted by Gasteiger charge is -2.29. The molecule has 104 valence electrons. The fourth-order valence-corrected chi connectivity index (χ4v) is 2.89. The zero-order chi connectivity index (χ0) is 13.4. The molecule has 1 aliphatic rings. The van der Waals surface area contributed by atoms with Crippen molar-refractivity contribution in [3.63, 3.8) is 0 Å². The third-order valence-electron chi connectivity index (χ3n) is 4.10. The lowest BCUT2D eigenvalue weighted by Crippen LogP contribution is -2.43. The van der Waals surface area contributed by atoms with E-state index in [0.717, 1.165) is 25.4 Å². The Morgan fingerprint density at radius 2 is 2.00 bits per heavy atom. The Kier molecular flexibility index (Phi) is 6.67. The first-order chi connectivity index (χ1) is 8.59. The Bertz CT molecular complexity index is 265.